The number of allylic oxidation sites excluding steroid dienone is 1. The molecule has 174 valence electrons. The number of esters is 1. The summed E-state index contributed by atoms with van der Waals surface area (Å²) in [5, 5.41) is 0. The number of carbonyl (C=O) groups is 2. The number of hydrogen-bond donors (Lipinski definition) is 0. The van der Waals surface area contributed by atoms with Crippen molar-refractivity contribution in [1.29, 1.82) is 0 Å². The molecule has 0 radical (unpaired) electrons. The molecular weight excluding hydrogens is 422 g/mol. The number of anilines is 1. The van der Waals surface area contributed by atoms with Gasteiger partial charge >= 0.3 is 5.97 Å². The van der Waals surface area contributed by atoms with Crippen molar-refractivity contribution in [2.45, 2.75) is 27.2 Å². The standard InChI is InChI=1S/C26H29NO6/c1-6-14-33-22-13-8-18(16-23(22)32-7-2)15-21-24(26(29)31-5)17(3)27(25(21)28)19-9-11-20(30-4)12-10-19/h8-13,15-16H,6-7,14H2,1-5H3/b21-15-. The molecule has 0 spiro atoms. The van der Waals surface area contributed by atoms with Crippen LogP contribution in [0, 0.1) is 0 Å². The Bertz CT molecular complexity index is 1080. The molecule has 0 saturated carbocycles. The number of amides is 1. The molecule has 0 bridgehead atoms. The molecule has 1 aliphatic heterocycles. The predicted octanol–water partition coefficient (Wildman–Crippen LogP) is 4.76. The molecule has 0 aromatic heterocycles. The van der Waals surface area contributed by atoms with Crippen molar-refractivity contribution in [3.8, 4) is 17.2 Å². The van der Waals surface area contributed by atoms with E-state index >= 15 is 0 Å². The second-order valence-corrected chi connectivity index (χ2v) is 7.34. The molecule has 3 rings (SSSR count). The normalized spacial score (nSPS) is 14.6. The van der Waals surface area contributed by atoms with Crippen LogP contribution in [0.2, 0.25) is 0 Å². The third-order valence-electron chi connectivity index (χ3n) is 5.16. The van der Waals surface area contributed by atoms with Gasteiger partial charge in [-0.3, -0.25) is 9.69 Å². The van der Waals surface area contributed by atoms with Crippen molar-refractivity contribution in [2.24, 2.45) is 0 Å². The predicted molar refractivity (Wildman–Crippen MR) is 127 cm³/mol. The van der Waals surface area contributed by atoms with E-state index in [0.29, 0.717) is 47.4 Å². The van der Waals surface area contributed by atoms with Crippen LogP contribution >= 0.6 is 0 Å². The summed E-state index contributed by atoms with van der Waals surface area (Å²) in [4.78, 5) is 27.6. The Morgan fingerprint density at radius 2 is 1.73 bits per heavy atom. The summed E-state index contributed by atoms with van der Waals surface area (Å²) >= 11 is 0. The van der Waals surface area contributed by atoms with E-state index in [-0.39, 0.29) is 17.1 Å². The van der Waals surface area contributed by atoms with Gasteiger partial charge in [0, 0.05) is 11.4 Å². The lowest BCUT2D eigenvalue weighted by molar-refractivity contribution is -0.136. The topological polar surface area (TPSA) is 74.3 Å². The van der Waals surface area contributed by atoms with Crippen molar-refractivity contribution >= 4 is 23.6 Å². The first-order chi connectivity index (χ1) is 15.9. The van der Waals surface area contributed by atoms with Crippen LogP contribution in [0.25, 0.3) is 6.08 Å². The lowest BCUT2D eigenvalue weighted by Gasteiger charge is -2.18. The van der Waals surface area contributed by atoms with Gasteiger partial charge in [0.2, 0.25) is 0 Å². The van der Waals surface area contributed by atoms with Crippen LogP contribution in [0.5, 0.6) is 17.2 Å². The van der Waals surface area contributed by atoms with Crippen LogP contribution in [-0.2, 0) is 14.3 Å². The molecule has 7 nitrogen and oxygen atoms in total. The van der Waals surface area contributed by atoms with Gasteiger partial charge in [0.15, 0.2) is 11.5 Å². The monoisotopic (exact) mass is 451 g/mol. The SMILES string of the molecule is CCCOc1ccc(/C=C2\C(=O)N(c3ccc(OC)cc3)C(C)=C2C(=O)OC)cc1OCC. The molecule has 2 aromatic carbocycles. The van der Waals surface area contributed by atoms with Gasteiger partial charge in [-0.25, -0.2) is 4.79 Å². The number of nitrogens with zero attached hydrogens (tertiary/aromatic N) is 1. The van der Waals surface area contributed by atoms with Crippen molar-refractivity contribution in [1.82, 2.24) is 0 Å². The number of ether oxygens (including phenoxy) is 4. The summed E-state index contributed by atoms with van der Waals surface area (Å²) in [5.74, 6) is 1.000. The highest BCUT2D eigenvalue weighted by Gasteiger charge is 2.38. The number of methoxy groups -OCH3 is 2. The molecule has 1 aliphatic rings. The molecule has 2 aromatic rings. The average Bonchev–Trinajstić information content (AvgIpc) is 3.07. The minimum Gasteiger partial charge on any atom is -0.497 e. The van der Waals surface area contributed by atoms with Crippen LogP contribution in [0.1, 0.15) is 32.8 Å². The van der Waals surface area contributed by atoms with Crippen LogP contribution in [0.4, 0.5) is 5.69 Å². The van der Waals surface area contributed by atoms with Crippen molar-refractivity contribution < 1.29 is 28.5 Å². The van der Waals surface area contributed by atoms with Crippen molar-refractivity contribution in [3.63, 3.8) is 0 Å². The Morgan fingerprint density at radius 3 is 2.33 bits per heavy atom. The molecular formula is C26H29NO6. The minimum atomic E-state index is -0.573. The van der Waals surface area contributed by atoms with E-state index in [9.17, 15) is 9.59 Å². The minimum absolute atomic E-state index is 0.225. The second kappa shape index (κ2) is 10.7. The zero-order valence-electron chi connectivity index (χ0n) is 19.6. The largest absolute Gasteiger partial charge is 0.497 e. The quantitative estimate of drug-likeness (QED) is 0.404. The van der Waals surface area contributed by atoms with Gasteiger partial charge in [0.1, 0.15) is 5.75 Å². The fourth-order valence-electron chi connectivity index (χ4n) is 3.60. The van der Waals surface area contributed by atoms with Crippen LogP contribution < -0.4 is 19.1 Å². The fraction of sp³-hybridized carbons (Fsp3) is 0.308. The van der Waals surface area contributed by atoms with E-state index in [1.807, 2.05) is 26.0 Å². The smallest absolute Gasteiger partial charge is 0.340 e. The van der Waals surface area contributed by atoms with Gasteiger partial charge in [0.05, 0.1) is 38.6 Å². The molecule has 1 amide bonds. The molecule has 0 aliphatic carbocycles. The van der Waals surface area contributed by atoms with Gasteiger partial charge in [-0.2, -0.15) is 0 Å². The Morgan fingerprint density at radius 1 is 1.00 bits per heavy atom. The first kappa shape index (κ1) is 23.9. The van der Waals surface area contributed by atoms with Crippen LogP contribution in [0.15, 0.2) is 59.3 Å². The lowest BCUT2D eigenvalue weighted by Crippen LogP contribution is -2.24. The van der Waals surface area contributed by atoms with E-state index in [2.05, 4.69) is 0 Å². The first-order valence-electron chi connectivity index (χ1n) is 10.8. The van der Waals surface area contributed by atoms with E-state index in [1.54, 1.807) is 50.4 Å². The zero-order chi connectivity index (χ0) is 24.0. The number of carbonyl (C=O) groups excluding carboxylic acids is 2. The van der Waals surface area contributed by atoms with Gasteiger partial charge < -0.3 is 18.9 Å². The highest BCUT2D eigenvalue weighted by Crippen LogP contribution is 2.37. The fourth-order valence-corrected chi connectivity index (χ4v) is 3.60. The van der Waals surface area contributed by atoms with E-state index in [1.165, 1.54) is 12.0 Å². The maximum Gasteiger partial charge on any atom is 0.340 e. The highest BCUT2D eigenvalue weighted by atomic mass is 16.5. The molecule has 0 atom stereocenters. The van der Waals surface area contributed by atoms with E-state index < -0.39 is 5.97 Å². The van der Waals surface area contributed by atoms with Gasteiger partial charge in [-0.05, 0) is 68.3 Å². The van der Waals surface area contributed by atoms with Gasteiger partial charge in [0.25, 0.3) is 5.91 Å². The van der Waals surface area contributed by atoms with Crippen molar-refractivity contribution in [3.05, 3.63) is 64.9 Å². The Labute approximate surface area is 194 Å². The Kier molecular flexibility index (Phi) is 7.77. The first-order valence-corrected chi connectivity index (χ1v) is 10.8. The highest BCUT2D eigenvalue weighted by molar-refractivity contribution is 6.23. The molecule has 0 N–H and O–H groups in total. The number of rotatable bonds is 9. The summed E-state index contributed by atoms with van der Waals surface area (Å²) in [5.41, 5.74) is 2.30. The lowest BCUT2D eigenvalue weighted by atomic mass is 10.0. The zero-order valence-corrected chi connectivity index (χ0v) is 19.6. The van der Waals surface area contributed by atoms with Crippen LogP contribution in [0.3, 0.4) is 0 Å². The second-order valence-electron chi connectivity index (χ2n) is 7.34. The number of benzene rings is 2. The Balaban J connectivity index is 2.05. The molecule has 33 heavy (non-hydrogen) atoms. The third-order valence-corrected chi connectivity index (χ3v) is 5.16. The molecule has 7 heteroatoms. The third kappa shape index (κ3) is 5.03. The summed E-state index contributed by atoms with van der Waals surface area (Å²) in [6, 6.07) is 12.5. The summed E-state index contributed by atoms with van der Waals surface area (Å²) in [6.07, 6.45) is 2.55. The maximum absolute atomic E-state index is 13.4. The van der Waals surface area contributed by atoms with Gasteiger partial charge in [-0.1, -0.05) is 13.0 Å². The van der Waals surface area contributed by atoms with Crippen LogP contribution in [-0.4, -0.2) is 39.3 Å². The Hall–Kier alpha value is -3.74. The van der Waals surface area contributed by atoms with E-state index in [0.717, 1.165) is 6.42 Å². The average molecular weight is 452 g/mol. The molecule has 1 heterocycles. The maximum atomic E-state index is 13.4. The summed E-state index contributed by atoms with van der Waals surface area (Å²) in [6.45, 7) is 6.69. The summed E-state index contributed by atoms with van der Waals surface area (Å²) in [7, 11) is 2.88. The number of hydrogen-bond acceptors (Lipinski definition) is 6. The van der Waals surface area contributed by atoms with Gasteiger partial charge in [-0.15, -0.1) is 0 Å². The summed E-state index contributed by atoms with van der Waals surface area (Å²) < 4.78 is 21.7. The molecule has 0 unspecified atom stereocenters. The molecule has 0 fully saturated rings. The molecule has 0 saturated heterocycles. The van der Waals surface area contributed by atoms with Crippen molar-refractivity contribution in [2.75, 3.05) is 32.3 Å². The van der Waals surface area contributed by atoms with E-state index in [4.69, 9.17) is 18.9 Å².